The summed E-state index contributed by atoms with van der Waals surface area (Å²) >= 11 is 5.81. The van der Waals surface area contributed by atoms with Gasteiger partial charge in [-0.3, -0.25) is 0 Å². The lowest BCUT2D eigenvalue weighted by Crippen LogP contribution is -2.09. The Morgan fingerprint density at radius 1 is 1.45 bits per heavy atom. The average Bonchev–Trinajstić information content (AvgIpc) is 2.79. The normalized spacial score (nSPS) is 10.1. The van der Waals surface area contributed by atoms with Gasteiger partial charge in [-0.05, 0) is 31.2 Å². The van der Waals surface area contributed by atoms with E-state index in [2.05, 4.69) is 16.9 Å². The molecule has 0 saturated carbocycles. The molecule has 6 heteroatoms. The molecule has 0 saturated heterocycles. The van der Waals surface area contributed by atoms with E-state index in [4.69, 9.17) is 21.6 Å². The molecule has 0 unspecified atom stereocenters. The van der Waals surface area contributed by atoms with E-state index in [9.17, 15) is 0 Å². The molecule has 0 aliphatic heterocycles. The molecule has 1 aromatic carbocycles. The van der Waals surface area contributed by atoms with E-state index >= 15 is 0 Å². The van der Waals surface area contributed by atoms with Crippen molar-refractivity contribution < 1.29 is 4.74 Å². The number of halogens is 1. The zero-order chi connectivity index (χ0) is 14.5. The number of nitrogens with zero attached hydrogens (tertiary/aromatic N) is 4. The van der Waals surface area contributed by atoms with E-state index in [0.29, 0.717) is 23.0 Å². The Kier molecular flexibility index (Phi) is 4.38. The molecule has 0 aliphatic rings. The van der Waals surface area contributed by atoms with Gasteiger partial charge in [-0.25, -0.2) is 4.68 Å². The summed E-state index contributed by atoms with van der Waals surface area (Å²) in [5.41, 5.74) is 1.82. The van der Waals surface area contributed by atoms with Gasteiger partial charge >= 0.3 is 0 Å². The van der Waals surface area contributed by atoms with Crippen LogP contribution in [0, 0.1) is 11.3 Å². The highest BCUT2D eigenvalue weighted by Gasteiger charge is 2.13. The second-order valence-corrected chi connectivity index (χ2v) is 4.79. The van der Waals surface area contributed by atoms with Crippen LogP contribution in [0.1, 0.15) is 18.3 Å². The molecule has 0 amide bonds. The molecule has 1 aromatic heterocycles. The van der Waals surface area contributed by atoms with Crippen LogP contribution in [0.15, 0.2) is 36.4 Å². The molecule has 5 nitrogen and oxygen atoms in total. The summed E-state index contributed by atoms with van der Waals surface area (Å²) in [4.78, 5) is 0. The van der Waals surface area contributed by atoms with E-state index in [1.165, 1.54) is 0 Å². The van der Waals surface area contributed by atoms with Crippen molar-refractivity contribution in [2.45, 2.75) is 20.1 Å². The third-order valence-electron chi connectivity index (χ3n) is 2.55. The molecule has 1 heterocycles. The molecule has 0 atom stereocenters. The third-order valence-corrected chi connectivity index (χ3v) is 2.80. The van der Waals surface area contributed by atoms with E-state index in [0.717, 1.165) is 5.57 Å². The summed E-state index contributed by atoms with van der Waals surface area (Å²) in [5, 5.41) is 17.4. The summed E-state index contributed by atoms with van der Waals surface area (Å²) in [7, 11) is 0. The molecule has 0 aliphatic carbocycles. The fraction of sp³-hybridized carbons (Fsp3) is 0.214. The van der Waals surface area contributed by atoms with Crippen LogP contribution >= 0.6 is 11.6 Å². The topological polar surface area (TPSA) is 63.7 Å². The minimum atomic E-state index is 0.213. The fourth-order valence-electron chi connectivity index (χ4n) is 1.63. The monoisotopic (exact) mass is 288 g/mol. The van der Waals surface area contributed by atoms with Gasteiger partial charge in [0.15, 0.2) is 5.69 Å². The molecule has 102 valence electrons. The van der Waals surface area contributed by atoms with E-state index < -0.39 is 0 Å². The lowest BCUT2D eigenvalue weighted by atomic mass is 10.3. The summed E-state index contributed by atoms with van der Waals surface area (Å²) in [5.74, 6) is 0.668. The number of hydrogen-bond donors (Lipinski definition) is 0. The van der Waals surface area contributed by atoms with Crippen LogP contribution in [-0.2, 0) is 13.2 Å². The molecule has 0 N–H and O–H groups in total. The van der Waals surface area contributed by atoms with Gasteiger partial charge in [-0.2, -0.15) is 5.26 Å². The van der Waals surface area contributed by atoms with Crippen molar-refractivity contribution in [1.29, 1.82) is 5.26 Å². The maximum atomic E-state index is 9.04. The first-order valence-electron chi connectivity index (χ1n) is 5.95. The van der Waals surface area contributed by atoms with Crippen molar-refractivity contribution in [2.24, 2.45) is 0 Å². The number of benzene rings is 1. The lowest BCUT2D eigenvalue weighted by Gasteiger charge is -2.08. The van der Waals surface area contributed by atoms with E-state index in [1.807, 2.05) is 13.0 Å². The zero-order valence-electron chi connectivity index (χ0n) is 11.0. The standard InChI is InChI=1S/C14H13ClN4O/c1-10(2)8-19-14(13(7-16)17-18-19)9-20-12-5-3-11(15)4-6-12/h3-6H,1,8-9H2,2H3. The van der Waals surface area contributed by atoms with Crippen LogP contribution in [-0.4, -0.2) is 15.0 Å². The van der Waals surface area contributed by atoms with Crippen LogP contribution in [0.3, 0.4) is 0 Å². The van der Waals surface area contributed by atoms with Gasteiger partial charge in [-0.15, -0.1) is 5.10 Å². The first kappa shape index (κ1) is 14.1. The van der Waals surface area contributed by atoms with Crippen molar-refractivity contribution in [3.8, 4) is 11.8 Å². The first-order valence-corrected chi connectivity index (χ1v) is 6.33. The predicted octanol–water partition coefficient (Wildman–Crippen LogP) is 2.96. The van der Waals surface area contributed by atoms with Crippen LogP contribution < -0.4 is 4.74 Å². The van der Waals surface area contributed by atoms with Crippen molar-refractivity contribution in [2.75, 3.05) is 0 Å². The number of ether oxygens (including phenoxy) is 1. The minimum absolute atomic E-state index is 0.213. The maximum absolute atomic E-state index is 9.04. The SMILES string of the molecule is C=C(C)Cn1nnc(C#N)c1COc1ccc(Cl)cc1. The molecule has 0 spiro atoms. The van der Waals surface area contributed by atoms with Crippen molar-refractivity contribution >= 4 is 11.6 Å². The molecule has 2 rings (SSSR count). The summed E-state index contributed by atoms with van der Waals surface area (Å²) < 4.78 is 7.25. The maximum Gasteiger partial charge on any atom is 0.189 e. The summed E-state index contributed by atoms with van der Waals surface area (Å²) in [6.45, 7) is 6.44. The Balaban J connectivity index is 2.15. The fourth-order valence-corrected chi connectivity index (χ4v) is 1.75. The zero-order valence-corrected chi connectivity index (χ0v) is 11.8. The van der Waals surface area contributed by atoms with Crippen LogP contribution in [0.4, 0.5) is 0 Å². The Labute approximate surface area is 122 Å². The summed E-state index contributed by atoms with van der Waals surface area (Å²) in [6, 6.07) is 9.02. The molecule has 0 fully saturated rings. The van der Waals surface area contributed by atoms with E-state index in [1.54, 1.807) is 28.9 Å². The number of allylic oxidation sites excluding steroid dienone is 1. The Morgan fingerprint density at radius 3 is 2.75 bits per heavy atom. The number of hydrogen-bond acceptors (Lipinski definition) is 4. The average molecular weight is 289 g/mol. The highest BCUT2D eigenvalue weighted by molar-refractivity contribution is 6.30. The van der Waals surface area contributed by atoms with Gasteiger partial charge in [0, 0.05) is 5.02 Å². The Bertz CT molecular complexity index is 655. The van der Waals surface area contributed by atoms with Crippen molar-refractivity contribution in [3.63, 3.8) is 0 Å². The Morgan fingerprint density at radius 2 is 2.15 bits per heavy atom. The molecular formula is C14H13ClN4O. The molecular weight excluding hydrogens is 276 g/mol. The Hall–Kier alpha value is -2.32. The minimum Gasteiger partial charge on any atom is -0.487 e. The van der Waals surface area contributed by atoms with Gasteiger partial charge in [0.2, 0.25) is 0 Å². The van der Waals surface area contributed by atoms with Gasteiger partial charge in [0.25, 0.3) is 0 Å². The first-order chi connectivity index (χ1) is 9.60. The smallest absolute Gasteiger partial charge is 0.189 e. The predicted molar refractivity (Wildman–Crippen MR) is 75.3 cm³/mol. The number of rotatable bonds is 5. The highest BCUT2D eigenvalue weighted by atomic mass is 35.5. The van der Waals surface area contributed by atoms with Crippen molar-refractivity contribution in [3.05, 3.63) is 52.8 Å². The van der Waals surface area contributed by atoms with Crippen LogP contribution in [0.2, 0.25) is 5.02 Å². The molecule has 0 bridgehead atoms. The van der Waals surface area contributed by atoms with Gasteiger partial charge in [-0.1, -0.05) is 29.0 Å². The van der Waals surface area contributed by atoms with Gasteiger partial charge in [0.1, 0.15) is 24.1 Å². The molecule has 20 heavy (non-hydrogen) atoms. The number of nitriles is 1. The van der Waals surface area contributed by atoms with Crippen LogP contribution in [0.5, 0.6) is 5.75 Å². The third kappa shape index (κ3) is 3.37. The largest absolute Gasteiger partial charge is 0.487 e. The van der Waals surface area contributed by atoms with Crippen molar-refractivity contribution in [1.82, 2.24) is 15.0 Å². The van der Waals surface area contributed by atoms with Gasteiger partial charge < -0.3 is 4.74 Å². The highest BCUT2D eigenvalue weighted by Crippen LogP contribution is 2.17. The lowest BCUT2D eigenvalue weighted by molar-refractivity contribution is 0.292. The second-order valence-electron chi connectivity index (χ2n) is 4.35. The second kappa shape index (κ2) is 6.22. The summed E-state index contributed by atoms with van der Waals surface area (Å²) in [6.07, 6.45) is 0. The van der Waals surface area contributed by atoms with E-state index in [-0.39, 0.29) is 12.3 Å². The number of aromatic nitrogens is 3. The molecule has 0 radical (unpaired) electrons. The van der Waals surface area contributed by atoms with Crippen LogP contribution in [0.25, 0.3) is 0 Å². The van der Waals surface area contributed by atoms with Gasteiger partial charge in [0.05, 0.1) is 6.54 Å². The molecule has 2 aromatic rings. The quantitative estimate of drug-likeness (QED) is 0.794.